The van der Waals surface area contributed by atoms with Gasteiger partial charge in [-0.3, -0.25) is 9.79 Å². The molecule has 0 aliphatic carbocycles. The lowest BCUT2D eigenvalue weighted by Gasteiger charge is -2.35. The van der Waals surface area contributed by atoms with Crippen molar-refractivity contribution in [3.05, 3.63) is 52.4 Å². The van der Waals surface area contributed by atoms with Gasteiger partial charge in [-0.15, -0.1) is 24.0 Å². The average molecular weight is 569 g/mol. The number of rotatable bonds is 7. The van der Waals surface area contributed by atoms with Crippen LogP contribution in [-0.2, 0) is 30.7 Å². The number of amides is 1. The van der Waals surface area contributed by atoms with Crippen LogP contribution in [0.15, 0.2) is 33.8 Å². The Morgan fingerprint density at radius 1 is 1.09 bits per heavy atom. The molecule has 8 nitrogen and oxygen atoms in total. The second-order valence-corrected chi connectivity index (χ2v) is 8.18. The molecule has 1 aromatic heterocycles. The van der Waals surface area contributed by atoms with Crippen molar-refractivity contribution >= 4 is 35.8 Å². The van der Waals surface area contributed by atoms with Crippen LogP contribution in [0.1, 0.15) is 60.6 Å². The van der Waals surface area contributed by atoms with Gasteiger partial charge in [0, 0.05) is 50.8 Å². The van der Waals surface area contributed by atoms with Gasteiger partial charge in [-0.1, -0.05) is 31.1 Å². The summed E-state index contributed by atoms with van der Waals surface area (Å²) in [7, 11) is 1.75. The molecule has 1 fully saturated rings. The number of morpholine rings is 1. The molecule has 0 radical (unpaired) electrons. The van der Waals surface area contributed by atoms with Crippen molar-refractivity contribution in [1.29, 1.82) is 0 Å². The Morgan fingerprint density at radius 2 is 1.73 bits per heavy atom. The number of nitrogens with zero attached hydrogens (tertiary/aromatic N) is 3. The van der Waals surface area contributed by atoms with Crippen LogP contribution in [0.3, 0.4) is 0 Å². The van der Waals surface area contributed by atoms with Gasteiger partial charge in [0.05, 0.1) is 17.9 Å². The quantitative estimate of drug-likeness (QED) is 0.301. The first-order valence-electron chi connectivity index (χ1n) is 11.4. The molecule has 9 heteroatoms. The van der Waals surface area contributed by atoms with Gasteiger partial charge in [-0.25, -0.2) is 0 Å². The van der Waals surface area contributed by atoms with Crippen LogP contribution in [0.2, 0.25) is 0 Å². The maximum absolute atomic E-state index is 12.8. The van der Waals surface area contributed by atoms with E-state index < -0.39 is 0 Å². The molecule has 3 rings (SSSR count). The van der Waals surface area contributed by atoms with Gasteiger partial charge in [0.15, 0.2) is 5.96 Å². The van der Waals surface area contributed by atoms with E-state index in [2.05, 4.69) is 34.6 Å². The van der Waals surface area contributed by atoms with E-state index in [4.69, 9.17) is 9.26 Å². The number of aryl methyl sites for hydroxylation is 2. The maximum Gasteiger partial charge on any atom is 0.254 e. The highest BCUT2D eigenvalue weighted by Gasteiger charge is 2.26. The first-order valence-corrected chi connectivity index (χ1v) is 11.4. The molecule has 0 spiro atoms. The number of carbonyl (C=O) groups is 1. The van der Waals surface area contributed by atoms with E-state index in [-0.39, 0.29) is 42.1 Å². The van der Waals surface area contributed by atoms with Crippen molar-refractivity contribution in [2.45, 2.75) is 65.8 Å². The summed E-state index contributed by atoms with van der Waals surface area (Å²) in [5.74, 6) is 1.66. The van der Waals surface area contributed by atoms with Gasteiger partial charge in [0.1, 0.15) is 5.76 Å². The Hall–Kier alpha value is -2.14. The first-order chi connectivity index (χ1) is 15.4. The zero-order valence-electron chi connectivity index (χ0n) is 20.2. The minimum Gasteiger partial charge on any atom is -0.372 e. The molecule has 1 aliphatic rings. The topological polar surface area (TPSA) is 92.0 Å². The fourth-order valence-electron chi connectivity index (χ4n) is 4.01. The Balaban J connectivity index is 0.00000385. The summed E-state index contributed by atoms with van der Waals surface area (Å²) in [6, 6.07) is 7.73. The molecular formula is C24H36IN5O3. The van der Waals surface area contributed by atoms with Crippen molar-refractivity contribution in [3.8, 4) is 0 Å². The predicted molar refractivity (Wildman–Crippen MR) is 140 cm³/mol. The molecule has 0 saturated carbocycles. The van der Waals surface area contributed by atoms with Crippen molar-refractivity contribution in [2.24, 2.45) is 4.99 Å². The molecule has 182 valence electrons. The van der Waals surface area contributed by atoms with Gasteiger partial charge in [0.2, 0.25) is 0 Å². The number of halogens is 1. The minimum atomic E-state index is 0. The van der Waals surface area contributed by atoms with E-state index in [9.17, 15) is 4.79 Å². The zero-order chi connectivity index (χ0) is 23.1. The second-order valence-electron chi connectivity index (χ2n) is 8.18. The zero-order valence-corrected chi connectivity index (χ0v) is 22.5. The normalized spacial score (nSPS) is 18.6. The van der Waals surface area contributed by atoms with Crippen LogP contribution in [0.4, 0.5) is 0 Å². The largest absolute Gasteiger partial charge is 0.372 e. The van der Waals surface area contributed by atoms with Crippen LogP contribution in [0.25, 0.3) is 0 Å². The van der Waals surface area contributed by atoms with Crippen LogP contribution in [-0.4, -0.2) is 54.3 Å². The van der Waals surface area contributed by atoms with E-state index in [0.29, 0.717) is 37.7 Å². The molecule has 0 bridgehead atoms. The minimum absolute atomic E-state index is 0. The van der Waals surface area contributed by atoms with Crippen LogP contribution >= 0.6 is 24.0 Å². The molecule has 1 aromatic carbocycles. The van der Waals surface area contributed by atoms with Crippen molar-refractivity contribution in [2.75, 3.05) is 20.1 Å². The maximum atomic E-state index is 12.8. The Bertz CT molecular complexity index is 897. The highest BCUT2D eigenvalue weighted by molar-refractivity contribution is 14.0. The van der Waals surface area contributed by atoms with Crippen molar-refractivity contribution < 1.29 is 14.1 Å². The number of nitrogens with one attached hydrogen (secondary N) is 2. The SMILES string of the molecule is CCc1noc(CC)c1CNC(=NC)NCc1ccc(C(=O)N2CC(C)OC(C)C2)cc1.I. The van der Waals surface area contributed by atoms with Gasteiger partial charge in [0.25, 0.3) is 5.91 Å². The molecule has 2 aromatic rings. The van der Waals surface area contributed by atoms with E-state index in [0.717, 1.165) is 35.4 Å². The highest BCUT2D eigenvalue weighted by atomic mass is 127. The predicted octanol–water partition coefficient (Wildman–Crippen LogP) is 3.53. The van der Waals surface area contributed by atoms with Gasteiger partial charge in [-0.05, 0) is 38.0 Å². The van der Waals surface area contributed by atoms with Gasteiger partial charge < -0.3 is 24.8 Å². The molecule has 2 heterocycles. The van der Waals surface area contributed by atoms with E-state index in [1.165, 1.54) is 0 Å². The van der Waals surface area contributed by atoms with Crippen LogP contribution in [0.5, 0.6) is 0 Å². The van der Waals surface area contributed by atoms with E-state index >= 15 is 0 Å². The molecule has 1 amide bonds. The monoisotopic (exact) mass is 569 g/mol. The summed E-state index contributed by atoms with van der Waals surface area (Å²) in [5, 5.41) is 10.8. The van der Waals surface area contributed by atoms with Gasteiger partial charge in [-0.2, -0.15) is 0 Å². The number of benzene rings is 1. The molecule has 1 saturated heterocycles. The number of aliphatic imine (C=N–C) groups is 1. The average Bonchev–Trinajstić information content (AvgIpc) is 3.20. The van der Waals surface area contributed by atoms with Crippen LogP contribution in [0, 0.1) is 0 Å². The number of hydrogen-bond acceptors (Lipinski definition) is 5. The third kappa shape index (κ3) is 7.17. The summed E-state index contributed by atoms with van der Waals surface area (Å²) in [6.45, 7) is 10.6. The van der Waals surface area contributed by atoms with E-state index in [1.54, 1.807) is 7.05 Å². The Labute approximate surface area is 213 Å². The molecule has 2 atom stereocenters. The van der Waals surface area contributed by atoms with E-state index in [1.807, 2.05) is 43.0 Å². The Kier molecular flexibility index (Phi) is 10.6. The van der Waals surface area contributed by atoms with Crippen molar-refractivity contribution in [1.82, 2.24) is 20.7 Å². The summed E-state index contributed by atoms with van der Waals surface area (Å²) in [5.41, 5.74) is 3.85. The lowest BCUT2D eigenvalue weighted by atomic mass is 10.1. The number of guanidine groups is 1. The summed E-state index contributed by atoms with van der Waals surface area (Å²) < 4.78 is 11.2. The van der Waals surface area contributed by atoms with Crippen LogP contribution < -0.4 is 10.6 Å². The second kappa shape index (κ2) is 12.9. The summed E-state index contributed by atoms with van der Waals surface area (Å²) in [4.78, 5) is 19.0. The van der Waals surface area contributed by atoms with Gasteiger partial charge >= 0.3 is 0 Å². The number of hydrogen-bond donors (Lipinski definition) is 2. The lowest BCUT2D eigenvalue weighted by Crippen LogP contribution is -2.48. The molecular weight excluding hydrogens is 533 g/mol. The number of ether oxygens (including phenoxy) is 1. The third-order valence-electron chi connectivity index (χ3n) is 5.63. The number of aromatic nitrogens is 1. The summed E-state index contributed by atoms with van der Waals surface area (Å²) >= 11 is 0. The fourth-order valence-corrected chi connectivity index (χ4v) is 4.01. The molecule has 33 heavy (non-hydrogen) atoms. The molecule has 2 N–H and O–H groups in total. The molecule has 2 unspecified atom stereocenters. The standard InChI is InChI=1S/C24H35N5O3.HI/c1-6-21-20(22(7-2)32-28-21)13-27-24(25-5)26-12-18-8-10-19(11-9-18)23(30)29-14-16(3)31-17(4)15-29;/h8-11,16-17H,6-7,12-15H2,1-5H3,(H2,25,26,27);1H. The summed E-state index contributed by atoms with van der Waals surface area (Å²) in [6.07, 6.45) is 1.76. The highest BCUT2D eigenvalue weighted by Crippen LogP contribution is 2.16. The fraction of sp³-hybridized carbons (Fsp3) is 0.542. The lowest BCUT2D eigenvalue weighted by molar-refractivity contribution is -0.0586. The number of carbonyl (C=O) groups excluding carboxylic acids is 1. The van der Waals surface area contributed by atoms with Crippen molar-refractivity contribution in [3.63, 3.8) is 0 Å². The smallest absolute Gasteiger partial charge is 0.254 e. The first kappa shape index (κ1) is 27.1. The Morgan fingerprint density at radius 3 is 2.30 bits per heavy atom. The third-order valence-corrected chi connectivity index (χ3v) is 5.63. The molecule has 1 aliphatic heterocycles.